The third-order valence-corrected chi connectivity index (χ3v) is 2.87. The Morgan fingerprint density at radius 2 is 0.739 bits per heavy atom. The Labute approximate surface area is 122 Å². The van der Waals surface area contributed by atoms with Gasteiger partial charge in [-0.05, 0) is 0 Å². The third kappa shape index (κ3) is 2.21. The molecule has 0 atom stereocenters. The zero-order valence-corrected chi connectivity index (χ0v) is 10.5. The van der Waals surface area contributed by atoms with Gasteiger partial charge in [0.05, 0.1) is 11.1 Å². The molecule has 2 rings (SSSR count). The maximum atomic E-state index is 13.8. The first-order chi connectivity index (χ1) is 10.6. The average molecular weight is 340 g/mol. The summed E-state index contributed by atoms with van der Waals surface area (Å²) in [5, 5.41) is 0. The molecule has 0 spiro atoms. The van der Waals surface area contributed by atoms with Crippen LogP contribution in [0.3, 0.4) is 0 Å². The lowest BCUT2D eigenvalue weighted by atomic mass is 9.96. The Morgan fingerprint density at radius 3 is 1.13 bits per heavy atom. The summed E-state index contributed by atoms with van der Waals surface area (Å²) in [6.45, 7) is 0. The van der Waals surface area contributed by atoms with Crippen LogP contribution in [0.25, 0.3) is 11.1 Å². The van der Waals surface area contributed by atoms with Crippen LogP contribution in [-0.2, 0) is 0 Å². The van der Waals surface area contributed by atoms with Crippen molar-refractivity contribution in [3.8, 4) is 23.5 Å². The smallest absolute Gasteiger partial charge is 0.200 e. The predicted molar refractivity (Wildman–Crippen MR) is 59.4 cm³/mol. The largest absolute Gasteiger partial charge is 0.203 e. The van der Waals surface area contributed by atoms with Crippen LogP contribution in [0.4, 0.5) is 39.5 Å². The zero-order valence-electron chi connectivity index (χ0n) is 10.5. The second kappa shape index (κ2) is 5.53. The fourth-order valence-electron chi connectivity index (χ4n) is 1.83. The minimum absolute atomic E-state index is 1.29. The van der Waals surface area contributed by atoms with Crippen molar-refractivity contribution in [3.05, 3.63) is 57.9 Å². The van der Waals surface area contributed by atoms with Gasteiger partial charge in [0.25, 0.3) is 0 Å². The standard InChI is InChI=1S/C14HF9/c1-2-3-4(7(16)11(20)10(19)6(3)15)5-8(17)12(21)14(23)13(22)9(5)18/h1H. The van der Waals surface area contributed by atoms with E-state index >= 15 is 0 Å². The van der Waals surface area contributed by atoms with E-state index in [2.05, 4.69) is 0 Å². The van der Waals surface area contributed by atoms with Gasteiger partial charge in [-0.2, -0.15) is 0 Å². The fraction of sp³-hybridized carbons (Fsp3) is 0. The van der Waals surface area contributed by atoms with Crippen molar-refractivity contribution in [1.29, 1.82) is 0 Å². The van der Waals surface area contributed by atoms with E-state index in [1.54, 1.807) is 0 Å². The minimum Gasteiger partial charge on any atom is -0.203 e. The van der Waals surface area contributed by atoms with Gasteiger partial charge in [0, 0.05) is 5.56 Å². The van der Waals surface area contributed by atoms with E-state index in [0.29, 0.717) is 0 Å². The highest BCUT2D eigenvalue weighted by Gasteiger charge is 2.33. The van der Waals surface area contributed by atoms with Crippen molar-refractivity contribution in [1.82, 2.24) is 0 Å². The van der Waals surface area contributed by atoms with E-state index in [4.69, 9.17) is 6.42 Å². The van der Waals surface area contributed by atoms with Gasteiger partial charge < -0.3 is 0 Å². The molecule has 0 heterocycles. The average Bonchev–Trinajstić information content (AvgIpc) is 2.54. The fourth-order valence-corrected chi connectivity index (χ4v) is 1.83. The van der Waals surface area contributed by atoms with Crippen LogP contribution in [0.5, 0.6) is 0 Å². The number of hydrogen-bond donors (Lipinski definition) is 0. The monoisotopic (exact) mass is 340 g/mol. The number of benzene rings is 2. The van der Waals surface area contributed by atoms with Crippen molar-refractivity contribution in [2.45, 2.75) is 0 Å². The van der Waals surface area contributed by atoms with Gasteiger partial charge >= 0.3 is 0 Å². The molecular weight excluding hydrogens is 339 g/mol. The van der Waals surface area contributed by atoms with E-state index in [-0.39, 0.29) is 0 Å². The molecule has 0 amide bonds. The molecule has 23 heavy (non-hydrogen) atoms. The molecule has 120 valence electrons. The minimum atomic E-state index is -2.58. The molecule has 0 aromatic heterocycles. The second-order valence-electron chi connectivity index (χ2n) is 4.10. The molecule has 0 N–H and O–H groups in total. The Balaban J connectivity index is 3.10. The Morgan fingerprint density at radius 1 is 0.435 bits per heavy atom. The van der Waals surface area contributed by atoms with E-state index in [1.807, 2.05) is 0 Å². The van der Waals surface area contributed by atoms with Crippen LogP contribution in [0, 0.1) is 64.7 Å². The highest BCUT2D eigenvalue weighted by molar-refractivity contribution is 5.73. The summed E-state index contributed by atoms with van der Waals surface area (Å²) in [4.78, 5) is 0. The van der Waals surface area contributed by atoms with Crippen LogP contribution in [0.15, 0.2) is 0 Å². The van der Waals surface area contributed by atoms with Crippen molar-refractivity contribution in [2.24, 2.45) is 0 Å². The first kappa shape index (κ1) is 16.7. The van der Waals surface area contributed by atoms with Gasteiger partial charge in [0.1, 0.15) is 0 Å². The maximum Gasteiger partial charge on any atom is 0.200 e. The maximum absolute atomic E-state index is 13.8. The molecule has 2 aromatic carbocycles. The molecule has 0 saturated carbocycles. The highest BCUT2D eigenvalue weighted by atomic mass is 19.2. The summed E-state index contributed by atoms with van der Waals surface area (Å²) in [6.07, 6.45) is 4.73. The number of halogens is 9. The van der Waals surface area contributed by atoms with Gasteiger partial charge in [-0.15, -0.1) is 6.42 Å². The zero-order chi connectivity index (χ0) is 17.6. The molecule has 0 aliphatic carbocycles. The summed E-state index contributed by atoms with van der Waals surface area (Å²) >= 11 is 0. The van der Waals surface area contributed by atoms with Crippen LogP contribution in [0.2, 0.25) is 0 Å². The van der Waals surface area contributed by atoms with Crippen molar-refractivity contribution in [2.75, 3.05) is 0 Å². The molecule has 0 saturated heterocycles. The highest BCUT2D eigenvalue weighted by Crippen LogP contribution is 2.37. The van der Waals surface area contributed by atoms with Crippen molar-refractivity contribution in [3.63, 3.8) is 0 Å². The lowest BCUT2D eigenvalue weighted by molar-refractivity contribution is 0.379. The van der Waals surface area contributed by atoms with Gasteiger partial charge in [-0.1, -0.05) is 5.92 Å². The van der Waals surface area contributed by atoms with E-state index in [1.165, 1.54) is 5.92 Å². The lowest BCUT2D eigenvalue weighted by Crippen LogP contribution is -2.10. The van der Waals surface area contributed by atoms with Gasteiger partial charge in [0.15, 0.2) is 46.5 Å². The second-order valence-corrected chi connectivity index (χ2v) is 4.10. The van der Waals surface area contributed by atoms with E-state index < -0.39 is 69.0 Å². The predicted octanol–water partition coefficient (Wildman–Crippen LogP) is 4.59. The molecule has 9 heteroatoms. The van der Waals surface area contributed by atoms with Crippen LogP contribution in [-0.4, -0.2) is 0 Å². The van der Waals surface area contributed by atoms with Gasteiger partial charge in [0.2, 0.25) is 5.82 Å². The van der Waals surface area contributed by atoms with E-state index in [0.717, 1.165) is 0 Å². The first-order valence-corrected chi connectivity index (χ1v) is 5.49. The van der Waals surface area contributed by atoms with E-state index in [9.17, 15) is 39.5 Å². The number of hydrogen-bond acceptors (Lipinski definition) is 0. The number of terminal acetylenes is 1. The Hall–Kier alpha value is -2.63. The molecule has 0 radical (unpaired) electrons. The van der Waals surface area contributed by atoms with Crippen LogP contribution in [0.1, 0.15) is 5.56 Å². The quantitative estimate of drug-likeness (QED) is 0.308. The SMILES string of the molecule is C#Cc1c(F)c(F)c(F)c(F)c1-c1c(F)c(F)c(F)c(F)c1F. The molecule has 0 unspecified atom stereocenters. The summed E-state index contributed by atoms with van der Waals surface area (Å²) in [6, 6.07) is 0. The summed E-state index contributed by atoms with van der Waals surface area (Å²) in [5.41, 5.74) is -5.34. The Bertz CT molecular complexity index is 849. The van der Waals surface area contributed by atoms with Crippen LogP contribution >= 0.6 is 0 Å². The molecule has 0 aliphatic heterocycles. The van der Waals surface area contributed by atoms with Crippen LogP contribution < -0.4 is 0 Å². The normalized spacial score (nSPS) is 10.8. The summed E-state index contributed by atoms with van der Waals surface area (Å²) in [5.74, 6) is -21.0. The first-order valence-electron chi connectivity index (χ1n) is 5.49. The summed E-state index contributed by atoms with van der Waals surface area (Å²) in [7, 11) is 0. The van der Waals surface area contributed by atoms with Crippen molar-refractivity contribution < 1.29 is 39.5 Å². The van der Waals surface area contributed by atoms with Gasteiger partial charge in [-0.3, -0.25) is 0 Å². The molecule has 0 fully saturated rings. The summed E-state index contributed by atoms with van der Waals surface area (Å²) < 4.78 is 120. The molecular formula is C14HF9. The third-order valence-electron chi connectivity index (χ3n) is 2.87. The Kier molecular flexibility index (Phi) is 4.03. The van der Waals surface area contributed by atoms with Gasteiger partial charge in [-0.25, -0.2) is 39.5 Å². The topological polar surface area (TPSA) is 0 Å². The lowest BCUT2D eigenvalue weighted by Gasteiger charge is -2.13. The number of rotatable bonds is 1. The molecule has 2 aromatic rings. The molecule has 0 bridgehead atoms. The molecule has 0 aliphatic rings. The molecule has 0 nitrogen and oxygen atoms in total. The van der Waals surface area contributed by atoms with Crippen molar-refractivity contribution >= 4 is 0 Å².